The first kappa shape index (κ1) is 21.8. The number of rotatable bonds is 6. The van der Waals surface area contributed by atoms with Crippen molar-refractivity contribution in [3.05, 3.63) is 76.9 Å². The molecule has 31 heavy (non-hydrogen) atoms. The van der Waals surface area contributed by atoms with E-state index in [1.165, 1.54) is 18.4 Å². The van der Waals surface area contributed by atoms with Crippen molar-refractivity contribution >= 4 is 31.3 Å². The summed E-state index contributed by atoms with van der Waals surface area (Å²) in [7, 11) is 0. The molecule has 1 amide bonds. The third-order valence-electron chi connectivity index (χ3n) is 6.84. The molecule has 1 saturated heterocycles. The molecule has 5 heteroatoms. The van der Waals surface area contributed by atoms with Crippen LogP contribution in [-0.4, -0.2) is 36.2 Å². The molecule has 0 aromatic heterocycles. The largest absolute Gasteiger partial charge is 0.347 e. The summed E-state index contributed by atoms with van der Waals surface area (Å²) in [6, 6.07) is 16.5. The van der Waals surface area contributed by atoms with E-state index < -0.39 is 5.41 Å². The van der Waals surface area contributed by atoms with Gasteiger partial charge in [-0.2, -0.15) is 13.5 Å². The zero-order valence-corrected chi connectivity index (χ0v) is 18.8. The van der Waals surface area contributed by atoms with E-state index in [1.54, 1.807) is 6.08 Å². The molecule has 1 N–H and O–H groups in total. The van der Waals surface area contributed by atoms with Gasteiger partial charge in [0.25, 0.3) is 0 Å². The summed E-state index contributed by atoms with van der Waals surface area (Å²) in [5, 5.41) is 3.40. The smallest absolute Gasteiger partial charge is 0.231 e. The first-order chi connectivity index (χ1) is 14.6. The van der Waals surface area contributed by atoms with Crippen LogP contribution in [0.1, 0.15) is 54.0 Å². The van der Waals surface area contributed by atoms with Gasteiger partial charge in [0.15, 0.2) is 5.78 Å². The molecule has 2 aromatic carbocycles. The second-order valence-electron chi connectivity index (χ2n) is 8.92. The van der Waals surface area contributed by atoms with Crippen molar-refractivity contribution in [2.24, 2.45) is 0 Å². The van der Waals surface area contributed by atoms with Crippen LogP contribution in [0.5, 0.6) is 0 Å². The average molecular weight is 435 g/mol. The summed E-state index contributed by atoms with van der Waals surface area (Å²) >= 11 is 0. The standard InChI is InChI=1S/C26H28N2O2.H2S/c29-23-11-9-20-16-22(10-8-21(20)17-23)26(12-13-26)25(30)27-24(18-28-14-4-5-15-28)19-6-2-1-3-7-19;/h1-3,6-11,16,24H,4-5,12-15,17-18H2,(H,27,30);1H2/t24-;/m1./s1. The number of allylic oxidation sites excluding steroid dienone is 1. The van der Waals surface area contributed by atoms with Crippen molar-refractivity contribution in [3.8, 4) is 0 Å². The zero-order chi connectivity index (χ0) is 20.6. The lowest BCUT2D eigenvalue weighted by atomic mass is 9.88. The van der Waals surface area contributed by atoms with Gasteiger partial charge < -0.3 is 10.2 Å². The normalized spacial score (nSPS) is 19.9. The van der Waals surface area contributed by atoms with Crippen LogP contribution in [-0.2, 0) is 21.4 Å². The van der Waals surface area contributed by atoms with E-state index >= 15 is 0 Å². The van der Waals surface area contributed by atoms with E-state index in [-0.39, 0.29) is 31.2 Å². The van der Waals surface area contributed by atoms with E-state index in [0.717, 1.165) is 49.2 Å². The zero-order valence-electron chi connectivity index (χ0n) is 17.8. The minimum absolute atomic E-state index is 0. The Balaban J connectivity index is 0.00000231. The molecule has 3 aliphatic rings. The molecule has 0 unspecified atom stereocenters. The van der Waals surface area contributed by atoms with Gasteiger partial charge >= 0.3 is 0 Å². The number of carbonyl (C=O) groups is 2. The van der Waals surface area contributed by atoms with Crippen LogP contribution >= 0.6 is 13.5 Å². The topological polar surface area (TPSA) is 49.4 Å². The van der Waals surface area contributed by atoms with Gasteiger partial charge in [0.1, 0.15) is 0 Å². The quantitative estimate of drug-likeness (QED) is 0.750. The highest BCUT2D eigenvalue weighted by Crippen LogP contribution is 2.49. The summed E-state index contributed by atoms with van der Waals surface area (Å²) in [4.78, 5) is 27.6. The summed E-state index contributed by atoms with van der Waals surface area (Å²) in [6.45, 7) is 3.08. The molecular formula is C26H30N2O2S. The number of likely N-dealkylation sites (tertiary alicyclic amines) is 1. The van der Waals surface area contributed by atoms with E-state index in [0.29, 0.717) is 6.42 Å². The molecule has 5 rings (SSSR count). The second kappa shape index (κ2) is 9.01. The maximum atomic E-state index is 13.5. The Morgan fingerprint density at radius 1 is 1.03 bits per heavy atom. The Morgan fingerprint density at radius 3 is 2.48 bits per heavy atom. The second-order valence-corrected chi connectivity index (χ2v) is 8.92. The molecule has 1 aliphatic heterocycles. The monoisotopic (exact) mass is 434 g/mol. The summed E-state index contributed by atoms with van der Waals surface area (Å²) < 4.78 is 0. The highest BCUT2D eigenvalue weighted by atomic mass is 32.1. The van der Waals surface area contributed by atoms with Gasteiger partial charge in [-0.3, -0.25) is 9.59 Å². The van der Waals surface area contributed by atoms with Crippen molar-refractivity contribution in [2.45, 2.75) is 43.6 Å². The Labute approximate surface area is 191 Å². The minimum Gasteiger partial charge on any atom is -0.347 e. The van der Waals surface area contributed by atoms with Gasteiger partial charge in [0, 0.05) is 13.0 Å². The lowest BCUT2D eigenvalue weighted by molar-refractivity contribution is -0.124. The molecule has 2 fully saturated rings. The Bertz CT molecular complexity index is 992. The van der Waals surface area contributed by atoms with Crippen LogP contribution in [0, 0.1) is 0 Å². The molecular weight excluding hydrogens is 404 g/mol. The van der Waals surface area contributed by atoms with Crippen LogP contribution in [0.2, 0.25) is 0 Å². The molecule has 4 nitrogen and oxygen atoms in total. The van der Waals surface area contributed by atoms with Gasteiger partial charge in [-0.15, -0.1) is 0 Å². The number of ketones is 1. The van der Waals surface area contributed by atoms with Crippen LogP contribution < -0.4 is 5.32 Å². The van der Waals surface area contributed by atoms with Crippen LogP contribution in [0.25, 0.3) is 6.08 Å². The van der Waals surface area contributed by atoms with Gasteiger partial charge in [-0.1, -0.05) is 54.6 Å². The Hall–Kier alpha value is -2.37. The summed E-state index contributed by atoms with van der Waals surface area (Å²) in [5.74, 6) is 0.271. The number of benzene rings is 2. The van der Waals surface area contributed by atoms with Gasteiger partial charge in [-0.25, -0.2) is 0 Å². The van der Waals surface area contributed by atoms with Crippen LogP contribution in [0.3, 0.4) is 0 Å². The minimum atomic E-state index is -0.428. The number of nitrogens with zero attached hydrogens (tertiary/aromatic N) is 1. The fraction of sp³-hybridized carbons (Fsp3) is 0.385. The number of carbonyl (C=O) groups excluding carboxylic acids is 2. The van der Waals surface area contributed by atoms with Crippen molar-refractivity contribution in [2.75, 3.05) is 19.6 Å². The molecule has 1 heterocycles. The molecule has 2 aliphatic carbocycles. The van der Waals surface area contributed by atoms with E-state index in [2.05, 4.69) is 34.5 Å². The van der Waals surface area contributed by atoms with Gasteiger partial charge in [0.05, 0.1) is 11.5 Å². The van der Waals surface area contributed by atoms with Gasteiger partial charge in [-0.05, 0) is 67.1 Å². The number of hydrogen-bond donors (Lipinski definition) is 1. The number of hydrogen-bond acceptors (Lipinski definition) is 3. The van der Waals surface area contributed by atoms with Crippen molar-refractivity contribution < 1.29 is 9.59 Å². The van der Waals surface area contributed by atoms with Crippen molar-refractivity contribution in [3.63, 3.8) is 0 Å². The molecule has 0 spiro atoms. The molecule has 1 atom stereocenters. The summed E-state index contributed by atoms with van der Waals surface area (Å²) in [6.07, 6.45) is 8.23. The molecule has 0 radical (unpaired) electrons. The molecule has 1 saturated carbocycles. The highest BCUT2D eigenvalue weighted by molar-refractivity contribution is 7.59. The molecule has 2 aromatic rings. The average Bonchev–Trinajstić information content (AvgIpc) is 3.43. The fourth-order valence-electron chi connectivity index (χ4n) is 4.85. The predicted molar refractivity (Wildman–Crippen MR) is 128 cm³/mol. The number of nitrogens with one attached hydrogen (secondary N) is 1. The predicted octanol–water partition coefficient (Wildman–Crippen LogP) is 3.92. The Kier molecular flexibility index (Phi) is 6.35. The van der Waals surface area contributed by atoms with Crippen molar-refractivity contribution in [1.29, 1.82) is 0 Å². The van der Waals surface area contributed by atoms with E-state index in [4.69, 9.17) is 0 Å². The van der Waals surface area contributed by atoms with Crippen molar-refractivity contribution in [1.82, 2.24) is 10.2 Å². The number of amides is 1. The molecule has 0 bridgehead atoms. The third-order valence-corrected chi connectivity index (χ3v) is 6.84. The lowest BCUT2D eigenvalue weighted by Crippen LogP contribution is -2.42. The third kappa shape index (κ3) is 4.48. The first-order valence-corrected chi connectivity index (χ1v) is 11.1. The number of fused-ring (bicyclic) bond motifs is 1. The van der Waals surface area contributed by atoms with Crippen LogP contribution in [0.4, 0.5) is 0 Å². The highest BCUT2D eigenvalue weighted by Gasteiger charge is 2.51. The van der Waals surface area contributed by atoms with E-state index in [9.17, 15) is 9.59 Å². The maximum absolute atomic E-state index is 13.5. The lowest BCUT2D eigenvalue weighted by Gasteiger charge is -2.27. The SMILES string of the molecule is O=C1C=Cc2cc(C3(C(=O)N[C@H](CN4CCCC4)c4ccccc4)CC3)ccc2C1.S. The summed E-state index contributed by atoms with van der Waals surface area (Å²) in [5.41, 5.74) is 3.94. The fourth-order valence-corrected chi connectivity index (χ4v) is 4.85. The van der Waals surface area contributed by atoms with E-state index in [1.807, 2.05) is 30.3 Å². The first-order valence-electron chi connectivity index (χ1n) is 11.1. The maximum Gasteiger partial charge on any atom is 0.231 e. The van der Waals surface area contributed by atoms with Crippen LogP contribution in [0.15, 0.2) is 54.6 Å². The molecule has 162 valence electrons. The Morgan fingerprint density at radius 2 is 1.77 bits per heavy atom. The van der Waals surface area contributed by atoms with Gasteiger partial charge in [0.2, 0.25) is 5.91 Å².